The summed E-state index contributed by atoms with van der Waals surface area (Å²) in [7, 11) is 1.65. The molecule has 7 unspecified atom stereocenters. The van der Waals surface area contributed by atoms with E-state index in [1.54, 1.807) is 14.0 Å². The number of amides is 2. The fourth-order valence-corrected chi connectivity index (χ4v) is 6.12. The molecule has 4 bridgehead atoms. The summed E-state index contributed by atoms with van der Waals surface area (Å²) in [5, 5.41) is 14.5. The van der Waals surface area contributed by atoms with E-state index in [0.717, 1.165) is 16.7 Å². The Hall–Kier alpha value is -2.92. The van der Waals surface area contributed by atoms with Gasteiger partial charge >= 0.3 is 12.1 Å². The Morgan fingerprint density at radius 1 is 1.29 bits per heavy atom. The second-order valence-corrected chi connectivity index (χ2v) is 12.4. The van der Waals surface area contributed by atoms with E-state index in [0.29, 0.717) is 17.1 Å². The number of epoxide rings is 1. The molecule has 2 saturated heterocycles. The van der Waals surface area contributed by atoms with Crippen LogP contribution in [0.4, 0.5) is 10.5 Å². The van der Waals surface area contributed by atoms with Crippen molar-refractivity contribution < 1.29 is 33.7 Å². The Balaban J connectivity index is 1.76. The summed E-state index contributed by atoms with van der Waals surface area (Å²) < 4.78 is 17.5. The Bertz CT molecular complexity index is 1300. The van der Waals surface area contributed by atoms with Gasteiger partial charge in [-0.25, -0.2) is 4.79 Å². The number of hydrogen-bond donors (Lipinski definition) is 3. The van der Waals surface area contributed by atoms with Crippen molar-refractivity contribution in [3.05, 3.63) is 52.1 Å². The van der Waals surface area contributed by atoms with Crippen molar-refractivity contribution in [2.24, 2.45) is 17.6 Å². The first-order valence-electron chi connectivity index (χ1n) is 14.4. The van der Waals surface area contributed by atoms with Crippen LogP contribution in [-0.2, 0) is 30.2 Å². The summed E-state index contributed by atoms with van der Waals surface area (Å²) in [6.45, 7) is 9.44. The van der Waals surface area contributed by atoms with Crippen molar-refractivity contribution in [1.82, 2.24) is 5.32 Å². The first kappa shape index (κ1) is 32.0. The second-order valence-electron chi connectivity index (χ2n) is 12.1. The number of allylic oxidation sites excluding steroid dienone is 3. The molecule has 230 valence electrons. The van der Waals surface area contributed by atoms with Gasteiger partial charge in [0.2, 0.25) is 5.91 Å². The van der Waals surface area contributed by atoms with Gasteiger partial charge in [0.15, 0.2) is 0 Å². The van der Waals surface area contributed by atoms with Gasteiger partial charge in [0.1, 0.15) is 23.5 Å². The monoisotopic (exact) mass is 603 g/mol. The number of anilines is 1. The molecule has 42 heavy (non-hydrogen) atoms. The maximum absolute atomic E-state index is 13.7. The number of benzene rings is 1. The zero-order valence-corrected chi connectivity index (χ0v) is 25.9. The van der Waals surface area contributed by atoms with Gasteiger partial charge in [-0.2, -0.15) is 0 Å². The molecule has 0 aromatic heterocycles. The van der Waals surface area contributed by atoms with Gasteiger partial charge in [0, 0.05) is 31.8 Å². The van der Waals surface area contributed by atoms with Crippen LogP contribution < -0.4 is 16.0 Å². The van der Waals surface area contributed by atoms with Crippen molar-refractivity contribution in [3.63, 3.8) is 0 Å². The van der Waals surface area contributed by atoms with E-state index >= 15 is 0 Å². The Labute approximate surface area is 252 Å². The van der Waals surface area contributed by atoms with Crippen LogP contribution in [-0.4, -0.2) is 66.3 Å². The number of aliphatic hydroxyl groups is 1. The molecule has 7 atom stereocenters. The predicted molar refractivity (Wildman–Crippen MR) is 159 cm³/mol. The molecule has 3 heterocycles. The topological polar surface area (TPSA) is 144 Å². The van der Waals surface area contributed by atoms with Crippen LogP contribution in [0.1, 0.15) is 58.1 Å². The van der Waals surface area contributed by atoms with Crippen LogP contribution in [0, 0.1) is 18.8 Å². The van der Waals surface area contributed by atoms with Crippen LogP contribution in [0.5, 0.6) is 0 Å². The number of alkyl carbamates (subject to hydrolysis) is 1. The number of esters is 1. The summed E-state index contributed by atoms with van der Waals surface area (Å²) in [5.74, 6) is -1.67. The highest BCUT2D eigenvalue weighted by Crippen LogP contribution is 2.49. The minimum atomic E-state index is -1.55. The molecule has 0 spiro atoms. The van der Waals surface area contributed by atoms with Crippen LogP contribution in [0.15, 0.2) is 35.9 Å². The standard InChI is InChI=1S/C31H42ClN3O7/c1-17-8-7-9-19(3)31(39)16-23(40-29(38)34-31)20(4)28-30(5,42-28)24(41-26(37)10-11-33)15-25(36)35(6)22-14-21(12-17)13-18(2)27(22)32/h7-9,13-14,19-20,23-24,28,39H,10-12,15-16,33H2,1-6H3,(H,34,38)/b9-7+,17-8+. The maximum Gasteiger partial charge on any atom is 0.409 e. The number of carbonyl (C=O) groups excluding carboxylic acids is 3. The molecule has 10 nitrogen and oxygen atoms in total. The normalized spacial score (nSPS) is 35.7. The third-order valence-corrected chi connectivity index (χ3v) is 9.20. The van der Waals surface area contributed by atoms with E-state index in [1.807, 2.05) is 58.1 Å². The van der Waals surface area contributed by atoms with Crippen LogP contribution >= 0.6 is 11.6 Å². The summed E-state index contributed by atoms with van der Waals surface area (Å²) in [4.78, 5) is 40.3. The molecule has 11 heteroatoms. The molecule has 0 saturated carbocycles. The fraction of sp³-hybridized carbons (Fsp3) is 0.581. The summed E-state index contributed by atoms with van der Waals surface area (Å²) in [6, 6.07) is 3.87. The van der Waals surface area contributed by atoms with Crippen molar-refractivity contribution in [2.45, 2.75) is 89.9 Å². The lowest BCUT2D eigenvalue weighted by atomic mass is 9.82. The van der Waals surface area contributed by atoms with E-state index in [-0.39, 0.29) is 37.6 Å². The molecule has 1 aromatic carbocycles. The fourth-order valence-electron chi connectivity index (χ4n) is 5.88. The molecule has 1 aromatic rings. The molecule has 2 fully saturated rings. The molecule has 4 rings (SSSR count). The quantitative estimate of drug-likeness (QED) is 0.348. The van der Waals surface area contributed by atoms with Crippen LogP contribution in [0.25, 0.3) is 0 Å². The molecule has 4 N–H and O–H groups in total. The number of carbonyl (C=O) groups is 3. The van der Waals surface area contributed by atoms with Gasteiger partial charge in [-0.3, -0.25) is 14.9 Å². The highest BCUT2D eigenvalue weighted by Gasteiger charge is 2.64. The Kier molecular flexibility index (Phi) is 9.42. The van der Waals surface area contributed by atoms with Gasteiger partial charge in [0.05, 0.1) is 29.7 Å². The third-order valence-electron chi connectivity index (χ3n) is 8.71. The minimum absolute atomic E-state index is 0.0128. The number of hydrogen-bond acceptors (Lipinski definition) is 8. The number of fused-ring (bicyclic) bond motifs is 5. The van der Waals surface area contributed by atoms with Crippen molar-refractivity contribution in [3.8, 4) is 0 Å². The van der Waals surface area contributed by atoms with E-state index in [1.165, 1.54) is 4.90 Å². The number of rotatable bonds is 3. The first-order valence-corrected chi connectivity index (χ1v) is 14.7. The molecule has 0 aliphatic carbocycles. The lowest BCUT2D eigenvalue weighted by molar-refractivity contribution is -0.153. The number of nitrogens with one attached hydrogen (secondary N) is 1. The van der Waals surface area contributed by atoms with Gasteiger partial charge in [-0.1, -0.05) is 55.3 Å². The molecular formula is C31H42ClN3O7. The summed E-state index contributed by atoms with van der Waals surface area (Å²) >= 11 is 6.68. The first-order chi connectivity index (χ1) is 19.7. The zero-order chi connectivity index (χ0) is 31.0. The Morgan fingerprint density at radius 3 is 2.69 bits per heavy atom. The van der Waals surface area contributed by atoms with Crippen molar-refractivity contribution >= 4 is 35.3 Å². The second kappa shape index (κ2) is 12.4. The average Bonchev–Trinajstić information content (AvgIpc) is 3.60. The lowest BCUT2D eigenvalue weighted by Gasteiger charge is -2.41. The van der Waals surface area contributed by atoms with E-state index in [4.69, 9.17) is 31.5 Å². The van der Waals surface area contributed by atoms with Crippen molar-refractivity contribution in [2.75, 3.05) is 18.5 Å². The van der Waals surface area contributed by atoms with E-state index in [2.05, 4.69) is 5.32 Å². The number of nitrogens with two attached hydrogens (primary N) is 1. The maximum atomic E-state index is 13.7. The SMILES string of the molecule is C/C1=C\C=C\C(C)C2(O)CC(OC(=O)N2)C(C)C2OC2(C)C(OC(=O)CCN)CC(=O)N(C)c2cc(cc(C)c2Cl)C1. The van der Waals surface area contributed by atoms with Crippen LogP contribution in [0.3, 0.4) is 0 Å². The Morgan fingerprint density at radius 2 is 2.00 bits per heavy atom. The van der Waals surface area contributed by atoms with Gasteiger partial charge < -0.3 is 30.0 Å². The molecule has 3 aliphatic rings. The number of ether oxygens (including phenoxy) is 3. The van der Waals surface area contributed by atoms with E-state index in [9.17, 15) is 19.5 Å². The van der Waals surface area contributed by atoms with Gasteiger partial charge in [0.25, 0.3) is 0 Å². The smallest absolute Gasteiger partial charge is 0.409 e. The highest BCUT2D eigenvalue weighted by atomic mass is 35.5. The summed E-state index contributed by atoms with van der Waals surface area (Å²) in [6.07, 6.45) is 3.35. The minimum Gasteiger partial charge on any atom is -0.459 e. The predicted octanol–water partition coefficient (Wildman–Crippen LogP) is 3.94. The van der Waals surface area contributed by atoms with Gasteiger partial charge in [-0.15, -0.1) is 0 Å². The van der Waals surface area contributed by atoms with E-state index < -0.39 is 47.6 Å². The largest absolute Gasteiger partial charge is 0.459 e. The van der Waals surface area contributed by atoms with Crippen LogP contribution in [0.2, 0.25) is 5.02 Å². The highest BCUT2D eigenvalue weighted by molar-refractivity contribution is 6.34. The lowest BCUT2D eigenvalue weighted by Crippen LogP contribution is -2.60. The molecule has 2 amide bonds. The average molecular weight is 604 g/mol. The zero-order valence-electron chi connectivity index (χ0n) is 25.1. The van der Waals surface area contributed by atoms with Gasteiger partial charge in [-0.05, 0) is 44.4 Å². The number of nitrogens with zero attached hydrogens (tertiary/aromatic N) is 1. The summed E-state index contributed by atoms with van der Waals surface area (Å²) in [5.41, 5.74) is 6.39. The third kappa shape index (κ3) is 6.67. The number of aryl methyl sites for hydroxylation is 1. The number of halogens is 1. The molecule has 3 aliphatic heterocycles. The molecule has 0 radical (unpaired) electrons. The van der Waals surface area contributed by atoms with Crippen molar-refractivity contribution in [1.29, 1.82) is 0 Å². The molecular weight excluding hydrogens is 562 g/mol.